The highest BCUT2D eigenvalue weighted by Gasteiger charge is 2.16. The van der Waals surface area contributed by atoms with Gasteiger partial charge in [-0.3, -0.25) is 0 Å². The molecule has 2 rings (SSSR count). The molecule has 0 fully saturated rings. The fraction of sp³-hybridized carbons (Fsp3) is 0.143. The fourth-order valence-electron chi connectivity index (χ4n) is 2.02. The van der Waals surface area contributed by atoms with Crippen molar-refractivity contribution < 1.29 is 0 Å². The van der Waals surface area contributed by atoms with Gasteiger partial charge in [-0.1, -0.05) is 37.4 Å². The highest BCUT2D eigenvalue weighted by molar-refractivity contribution is 5.96. The third-order valence-electron chi connectivity index (χ3n) is 2.92. The molecular weight excluding hydrogens is 168 g/mol. The molecule has 70 valence electrons. The van der Waals surface area contributed by atoms with Crippen LogP contribution in [0.4, 0.5) is 0 Å². The minimum atomic E-state index is 1.07. The Bertz CT molecular complexity index is 542. The minimum Gasteiger partial charge on any atom is -0.0909 e. The van der Waals surface area contributed by atoms with Gasteiger partial charge in [0, 0.05) is 0 Å². The molecule has 1 aliphatic rings. The highest BCUT2D eigenvalue weighted by Crippen LogP contribution is 2.28. The molecule has 1 aromatic rings. The number of allylic oxidation sites excluding steroid dienone is 2. The van der Waals surface area contributed by atoms with Crippen molar-refractivity contribution in [3.63, 3.8) is 0 Å². The number of fused-ring (bicyclic) bond motifs is 1. The second kappa shape index (κ2) is 2.98. The van der Waals surface area contributed by atoms with E-state index in [-0.39, 0.29) is 0 Å². The zero-order valence-electron chi connectivity index (χ0n) is 8.72. The Kier molecular flexibility index (Phi) is 1.92. The van der Waals surface area contributed by atoms with Gasteiger partial charge in [0.15, 0.2) is 0 Å². The van der Waals surface area contributed by atoms with Crippen LogP contribution < -0.4 is 10.4 Å². The van der Waals surface area contributed by atoms with Crippen LogP contribution in [0, 0.1) is 0 Å². The van der Waals surface area contributed by atoms with E-state index >= 15 is 0 Å². The molecule has 14 heavy (non-hydrogen) atoms. The van der Waals surface area contributed by atoms with Crippen LogP contribution in [0.1, 0.15) is 19.4 Å². The molecule has 0 N–H and O–H groups in total. The maximum atomic E-state index is 4.07. The largest absolute Gasteiger partial charge is 0.0909 e. The van der Waals surface area contributed by atoms with Crippen LogP contribution in [0.2, 0.25) is 0 Å². The topological polar surface area (TPSA) is 0 Å². The van der Waals surface area contributed by atoms with E-state index in [9.17, 15) is 0 Å². The van der Waals surface area contributed by atoms with Crippen molar-refractivity contribution in [3.8, 4) is 0 Å². The van der Waals surface area contributed by atoms with Gasteiger partial charge in [-0.2, -0.15) is 0 Å². The van der Waals surface area contributed by atoms with Crippen LogP contribution in [0.25, 0.3) is 17.2 Å². The quantitative estimate of drug-likeness (QED) is 0.577. The first-order valence-electron chi connectivity index (χ1n) is 4.82. The molecule has 0 bridgehead atoms. The van der Waals surface area contributed by atoms with Crippen molar-refractivity contribution in [2.45, 2.75) is 13.8 Å². The second-order valence-electron chi connectivity index (χ2n) is 3.64. The predicted molar refractivity (Wildman–Crippen MR) is 63.1 cm³/mol. The number of hydrogen-bond acceptors (Lipinski definition) is 0. The summed E-state index contributed by atoms with van der Waals surface area (Å²) < 4.78 is 0. The van der Waals surface area contributed by atoms with Crippen LogP contribution in [-0.2, 0) is 0 Å². The lowest BCUT2D eigenvalue weighted by Crippen LogP contribution is -2.26. The second-order valence-corrected chi connectivity index (χ2v) is 3.64. The Balaban J connectivity index is 3.04. The Morgan fingerprint density at radius 3 is 2.50 bits per heavy atom. The summed E-state index contributed by atoms with van der Waals surface area (Å²) in [7, 11) is 0. The Morgan fingerprint density at radius 1 is 1.14 bits per heavy atom. The average molecular weight is 182 g/mol. The van der Waals surface area contributed by atoms with Crippen LogP contribution in [-0.4, -0.2) is 0 Å². The lowest BCUT2D eigenvalue weighted by molar-refractivity contribution is 1.46. The molecule has 0 saturated heterocycles. The first-order valence-corrected chi connectivity index (χ1v) is 4.82. The van der Waals surface area contributed by atoms with Crippen molar-refractivity contribution >= 4 is 17.2 Å². The van der Waals surface area contributed by atoms with Gasteiger partial charge in [0.2, 0.25) is 0 Å². The number of rotatable bonds is 0. The molecule has 0 spiro atoms. The highest BCUT2D eigenvalue weighted by atomic mass is 14.2. The summed E-state index contributed by atoms with van der Waals surface area (Å²) in [5.74, 6) is 0. The van der Waals surface area contributed by atoms with Crippen LogP contribution >= 0.6 is 0 Å². The van der Waals surface area contributed by atoms with Crippen LogP contribution in [0.5, 0.6) is 0 Å². The number of benzene rings is 1. The van der Waals surface area contributed by atoms with Crippen molar-refractivity contribution in [1.29, 1.82) is 0 Å². The molecule has 0 atom stereocenters. The van der Waals surface area contributed by atoms with Gasteiger partial charge < -0.3 is 0 Å². The summed E-state index contributed by atoms with van der Waals surface area (Å²) >= 11 is 0. The molecular formula is C14H14. The number of hydrogen-bond donors (Lipinski definition) is 0. The molecule has 0 aromatic heterocycles. The fourth-order valence-corrected chi connectivity index (χ4v) is 2.02. The van der Waals surface area contributed by atoms with Crippen molar-refractivity contribution in [3.05, 3.63) is 52.9 Å². The summed E-state index contributed by atoms with van der Waals surface area (Å²) in [6.07, 6.45) is 2.13. The molecule has 0 nitrogen and oxygen atoms in total. The van der Waals surface area contributed by atoms with Crippen molar-refractivity contribution in [1.82, 2.24) is 0 Å². The molecule has 1 aliphatic carbocycles. The van der Waals surface area contributed by atoms with E-state index in [4.69, 9.17) is 0 Å². The molecule has 0 aliphatic heterocycles. The summed E-state index contributed by atoms with van der Waals surface area (Å²) in [5.41, 5.74) is 4.65. The molecule has 0 unspecified atom stereocenters. The monoisotopic (exact) mass is 182 g/mol. The molecule has 0 saturated carbocycles. The molecule has 0 heterocycles. The molecule has 0 radical (unpaired) electrons. The van der Waals surface area contributed by atoms with Crippen LogP contribution in [0.3, 0.4) is 0 Å². The maximum Gasteiger partial charge on any atom is -0.00735 e. The summed E-state index contributed by atoms with van der Waals surface area (Å²) in [5, 5.41) is 2.59. The van der Waals surface area contributed by atoms with E-state index in [0.29, 0.717) is 0 Å². The Hall–Kier alpha value is -1.56. The van der Waals surface area contributed by atoms with Crippen molar-refractivity contribution in [2.75, 3.05) is 0 Å². The van der Waals surface area contributed by atoms with E-state index in [0.717, 1.165) is 11.1 Å². The van der Waals surface area contributed by atoms with Gasteiger partial charge in [0.25, 0.3) is 0 Å². The van der Waals surface area contributed by atoms with E-state index in [1.54, 1.807) is 0 Å². The molecule has 1 aromatic carbocycles. The van der Waals surface area contributed by atoms with Crippen LogP contribution in [0.15, 0.2) is 36.9 Å². The third kappa shape index (κ3) is 1.00. The van der Waals surface area contributed by atoms with Gasteiger partial charge >= 0.3 is 0 Å². The molecule has 0 amide bonds. The Morgan fingerprint density at radius 2 is 1.86 bits per heavy atom. The summed E-state index contributed by atoms with van der Waals surface area (Å²) in [6.45, 7) is 12.3. The van der Waals surface area contributed by atoms with E-state index in [2.05, 4.69) is 51.3 Å². The van der Waals surface area contributed by atoms with Crippen molar-refractivity contribution in [2.24, 2.45) is 0 Å². The van der Waals surface area contributed by atoms with E-state index < -0.39 is 0 Å². The zero-order valence-corrected chi connectivity index (χ0v) is 8.72. The Labute approximate surface area is 84.6 Å². The molecule has 0 heteroatoms. The SMILES string of the molecule is C=C1C(=C)c2ccc/c(=C/C)c2=C1C. The third-order valence-corrected chi connectivity index (χ3v) is 2.92. The predicted octanol–water partition coefficient (Wildman–Crippen LogP) is 2.24. The zero-order chi connectivity index (χ0) is 10.3. The standard InChI is InChI=1S/C14H14/c1-5-12-7-6-8-13-10(3)9(2)11(4)14(12)13/h5-8H,2-3H2,1,4H3/b12-5-. The summed E-state index contributed by atoms with van der Waals surface area (Å²) in [4.78, 5) is 0. The first kappa shape index (κ1) is 9.01. The normalized spacial score (nSPS) is 16.4. The van der Waals surface area contributed by atoms with E-state index in [1.165, 1.54) is 21.6 Å². The maximum absolute atomic E-state index is 4.07. The van der Waals surface area contributed by atoms with Gasteiger partial charge in [-0.15, -0.1) is 0 Å². The summed E-state index contributed by atoms with van der Waals surface area (Å²) in [6, 6.07) is 6.33. The average Bonchev–Trinajstić information content (AvgIpc) is 2.44. The van der Waals surface area contributed by atoms with Gasteiger partial charge in [-0.25, -0.2) is 0 Å². The van der Waals surface area contributed by atoms with Gasteiger partial charge in [-0.05, 0) is 46.6 Å². The van der Waals surface area contributed by atoms with E-state index in [1.807, 2.05) is 0 Å². The van der Waals surface area contributed by atoms with Gasteiger partial charge in [0.05, 0.1) is 0 Å². The minimum absolute atomic E-state index is 1.07. The smallest absolute Gasteiger partial charge is 0.00735 e. The van der Waals surface area contributed by atoms with Gasteiger partial charge in [0.1, 0.15) is 0 Å². The lowest BCUT2D eigenvalue weighted by atomic mass is 10.1. The lowest BCUT2D eigenvalue weighted by Gasteiger charge is -1.98. The first-order chi connectivity index (χ1) is 6.66.